The van der Waals surface area contributed by atoms with Crippen LogP contribution in [0.25, 0.3) is 0 Å². The molecule has 7 heteroatoms. The molecule has 2 rings (SSSR count). The quantitative estimate of drug-likeness (QED) is 0.616. The number of aryl methyl sites for hydroxylation is 1. The predicted octanol–water partition coefficient (Wildman–Crippen LogP) is 4.99. The van der Waals surface area contributed by atoms with E-state index in [1.54, 1.807) is 17.4 Å². The third-order valence-electron chi connectivity index (χ3n) is 2.52. The predicted molar refractivity (Wildman–Crippen MR) is 82.2 cm³/mol. The Morgan fingerprint density at radius 1 is 1.47 bits per heavy atom. The van der Waals surface area contributed by atoms with Crippen LogP contribution in [0.5, 0.6) is 0 Å². The molecule has 0 radical (unpaired) electrons. The Hall–Kier alpha value is -1.11. The Balaban J connectivity index is 2.09. The highest BCUT2D eigenvalue weighted by molar-refractivity contribution is 9.10. The Labute approximate surface area is 127 Å². The minimum absolute atomic E-state index is 0.00902. The number of nitrogens with zero attached hydrogens (tertiary/aromatic N) is 1. The summed E-state index contributed by atoms with van der Waals surface area (Å²) in [4.78, 5) is 12.5. The summed E-state index contributed by atoms with van der Waals surface area (Å²) in [6.45, 7) is 2.67. The lowest BCUT2D eigenvalue weighted by atomic mass is 10.3. The smallest absolute Gasteiger partial charge is 0.271 e. The van der Waals surface area contributed by atoms with Crippen LogP contribution >= 0.6 is 38.9 Å². The molecule has 1 heterocycles. The number of hydrogen-bond donors (Lipinski definition) is 1. The number of anilines is 1. The van der Waals surface area contributed by atoms with Crippen LogP contribution in [-0.2, 0) is 6.54 Å². The molecule has 0 saturated heterocycles. The van der Waals surface area contributed by atoms with Gasteiger partial charge in [0.2, 0.25) is 0 Å². The highest BCUT2D eigenvalue weighted by Crippen LogP contribution is 2.29. The molecule has 0 aliphatic carbocycles. The van der Waals surface area contributed by atoms with Gasteiger partial charge in [0, 0.05) is 32.9 Å². The maximum absolute atomic E-state index is 10.6. The van der Waals surface area contributed by atoms with Gasteiger partial charge in [-0.05, 0) is 35.0 Å². The summed E-state index contributed by atoms with van der Waals surface area (Å²) in [7, 11) is 0. The van der Waals surface area contributed by atoms with Crippen molar-refractivity contribution in [3.05, 3.63) is 53.6 Å². The molecule has 2 aromatic rings. The SMILES string of the molecule is Cc1sc(CNc2ccc([N+](=O)[O-])cc2Cl)cc1Br. The lowest BCUT2D eigenvalue weighted by Gasteiger charge is -2.06. The summed E-state index contributed by atoms with van der Waals surface area (Å²) in [5.41, 5.74) is 0.680. The van der Waals surface area contributed by atoms with Gasteiger partial charge in [0.05, 0.1) is 15.6 Å². The lowest BCUT2D eigenvalue weighted by molar-refractivity contribution is -0.384. The van der Waals surface area contributed by atoms with Crippen molar-refractivity contribution in [2.45, 2.75) is 13.5 Å². The molecule has 100 valence electrons. The van der Waals surface area contributed by atoms with E-state index in [1.165, 1.54) is 21.9 Å². The number of nitro benzene ring substituents is 1. The molecule has 19 heavy (non-hydrogen) atoms. The summed E-state index contributed by atoms with van der Waals surface area (Å²) in [5, 5.41) is 14.1. The molecular weight excluding hydrogens is 352 g/mol. The molecule has 0 fully saturated rings. The number of halogens is 2. The largest absolute Gasteiger partial charge is 0.379 e. The fourth-order valence-corrected chi connectivity index (χ4v) is 3.33. The van der Waals surface area contributed by atoms with Crippen molar-refractivity contribution in [1.29, 1.82) is 0 Å². The van der Waals surface area contributed by atoms with Gasteiger partial charge in [-0.1, -0.05) is 11.6 Å². The summed E-state index contributed by atoms with van der Waals surface area (Å²) < 4.78 is 1.09. The monoisotopic (exact) mass is 360 g/mol. The number of non-ortho nitro benzene ring substituents is 1. The molecule has 0 unspecified atom stereocenters. The fraction of sp³-hybridized carbons (Fsp3) is 0.167. The van der Waals surface area contributed by atoms with Crippen molar-refractivity contribution < 1.29 is 4.92 Å². The van der Waals surface area contributed by atoms with E-state index >= 15 is 0 Å². The van der Waals surface area contributed by atoms with Crippen LogP contribution in [0, 0.1) is 17.0 Å². The molecule has 1 aromatic carbocycles. The molecule has 0 saturated carbocycles. The molecule has 0 aliphatic rings. The standard InChI is InChI=1S/C12H10BrClN2O2S/c1-7-10(13)5-9(19-7)6-15-12-3-2-8(16(17)18)4-11(12)14/h2-5,15H,6H2,1H3. The maximum atomic E-state index is 10.6. The topological polar surface area (TPSA) is 55.2 Å². The summed E-state index contributed by atoms with van der Waals surface area (Å²) in [6.07, 6.45) is 0. The Bertz CT molecular complexity index is 611. The van der Waals surface area contributed by atoms with E-state index in [0.29, 0.717) is 17.3 Å². The molecule has 4 nitrogen and oxygen atoms in total. The van der Waals surface area contributed by atoms with E-state index in [1.807, 2.05) is 13.0 Å². The third kappa shape index (κ3) is 3.46. The van der Waals surface area contributed by atoms with E-state index in [-0.39, 0.29) is 5.69 Å². The molecule has 0 atom stereocenters. The summed E-state index contributed by atoms with van der Waals surface area (Å²) in [6, 6.07) is 6.45. The zero-order valence-electron chi connectivity index (χ0n) is 9.94. The average Bonchev–Trinajstić information content (AvgIpc) is 2.67. The molecule has 0 spiro atoms. The van der Waals surface area contributed by atoms with E-state index < -0.39 is 4.92 Å². The van der Waals surface area contributed by atoms with Crippen LogP contribution < -0.4 is 5.32 Å². The zero-order valence-corrected chi connectivity index (χ0v) is 13.1. The van der Waals surface area contributed by atoms with Gasteiger partial charge in [0.1, 0.15) is 0 Å². The first-order valence-electron chi connectivity index (χ1n) is 5.40. The van der Waals surface area contributed by atoms with Crippen LogP contribution in [0.15, 0.2) is 28.7 Å². The van der Waals surface area contributed by atoms with Crippen LogP contribution in [-0.4, -0.2) is 4.92 Å². The third-order valence-corrected chi connectivity index (χ3v) is 4.97. The van der Waals surface area contributed by atoms with Gasteiger partial charge in [0.25, 0.3) is 5.69 Å². The Morgan fingerprint density at radius 2 is 2.21 bits per heavy atom. The van der Waals surface area contributed by atoms with Crippen molar-refractivity contribution in [3.63, 3.8) is 0 Å². The molecule has 0 aliphatic heterocycles. The van der Waals surface area contributed by atoms with Crippen LogP contribution in [0.3, 0.4) is 0 Å². The van der Waals surface area contributed by atoms with Gasteiger partial charge >= 0.3 is 0 Å². The first-order chi connectivity index (χ1) is 8.97. The number of hydrogen-bond acceptors (Lipinski definition) is 4. The minimum Gasteiger partial charge on any atom is -0.379 e. The second kappa shape index (κ2) is 5.90. The van der Waals surface area contributed by atoms with Crippen LogP contribution in [0.4, 0.5) is 11.4 Å². The van der Waals surface area contributed by atoms with Crippen molar-refractivity contribution in [3.8, 4) is 0 Å². The van der Waals surface area contributed by atoms with E-state index in [0.717, 1.165) is 4.47 Å². The molecule has 1 N–H and O–H groups in total. The number of benzene rings is 1. The lowest BCUT2D eigenvalue weighted by Crippen LogP contribution is -1.98. The number of nitro groups is 1. The summed E-state index contributed by atoms with van der Waals surface area (Å²) >= 11 is 11.2. The highest BCUT2D eigenvalue weighted by Gasteiger charge is 2.09. The fourth-order valence-electron chi connectivity index (χ4n) is 1.55. The number of thiophene rings is 1. The van der Waals surface area contributed by atoms with Gasteiger partial charge in [0.15, 0.2) is 0 Å². The van der Waals surface area contributed by atoms with Gasteiger partial charge in [-0.15, -0.1) is 11.3 Å². The van der Waals surface area contributed by atoms with E-state index in [9.17, 15) is 10.1 Å². The molecular formula is C12H10BrClN2O2S. The Morgan fingerprint density at radius 3 is 2.74 bits per heavy atom. The van der Waals surface area contributed by atoms with Crippen LogP contribution in [0.2, 0.25) is 5.02 Å². The van der Waals surface area contributed by atoms with Gasteiger partial charge in [-0.2, -0.15) is 0 Å². The Kier molecular flexibility index (Phi) is 4.44. The second-order valence-electron chi connectivity index (χ2n) is 3.89. The molecule has 0 bridgehead atoms. The number of rotatable bonds is 4. The van der Waals surface area contributed by atoms with Gasteiger partial charge in [-0.3, -0.25) is 10.1 Å². The maximum Gasteiger partial charge on any atom is 0.271 e. The summed E-state index contributed by atoms with van der Waals surface area (Å²) in [5.74, 6) is 0. The van der Waals surface area contributed by atoms with Gasteiger partial charge < -0.3 is 5.32 Å². The average molecular weight is 362 g/mol. The molecule has 1 aromatic heterocycles. The van der Waals surface area contributed by atoms with Crippen molar-refractivity contribution >= 4 is 50.2 Å². The van der Waals surface area contributed by atoms with Crippen molar-refractivity contribution in [1.82, 2.24) is 0 Å². The molecule has 0 amide bonds. The van der Waals surface area contributed by atoms with Crippen LogP contribution in [0.1, 0.15) is 9.75 Å². The van der Waals surface area contributed by atoms with E-state index in [4.69, 9.17) is 11.6 Å². The minimum atomic E-state index is -0.463. The van der Waals surface area contributed by atoms with E-state index in [2.05, 4.69) is 21.2 Å². The number of nitrogens with one attached hydrogen (secondary N) is 1. The first kappa shape index (κ1) is 14.3. The van der Waals surface area contributed by atoms with Gasteiger partial charge in [-0.25, -0.2) is 0 Å². The second-order valence-corrected chi connectivity index (χ2v) is 6.49. The van der Waals surface area contributed by atoms with Crippen molar-refractivity contribution in [2.75, 3.05) is 5.32 Å². The highest BCUT2D eigenvalue weighted by atomic mass is 79.9. The van der Waals surface area contributed by atoms with Crippen molar-refractivity contribution in [2.24, 2.45) is 0 Å². The zero-order chi connectivity index (χ0) is 14.0. The first-order valence-corrected chi connectivity index (χ1v) is 7.38. The normalized spacial score (nSPS) is 10.5.